The summed E-state index contributed by atoms with van der Waals surface area (Å²) in [5, 5.41) is 1.41. The molecule has 5 rings (SSSR count). The van der Waals surface area contributed by atoms with Crippen LogP contribution < -0.4 is 0 Å². The molecule has 0 aliphatic rings. The van der Waals surface area contributed by atoms with Gasteiger partial charge in [-0.2, -0.15) is 0 Å². The first-order chi connectivity index (χ1) is 13.4. The van der Waals surface area contributed by atoms with Crippen molar-refractivity contribution in [1.82, 2.24) is 0 Å². The van der Waals surface area contributed by atoms with Crippen LogP contribution in [0.2, 0.25) is 0 Å². The molecule has 0 saturated heterocycles. The third-order valence-electron chi connectivity index (χ3n) is 4.90. The van der Waals surface area contributed by atoms with E-state index in [1.807, 2.05) is 0 Å². The molecule has 0 nitrogen and oxygen atoms in total. The minimum absolute atomic E-state index is 0.298. The molecule has 1 heteroatoms. The molecule has 0 saturated carbocycles. The van der Waals surface area contributed by atoms with Gasteiger partial charge in [0, 0.05) is 0 Å². The summed E-state index contributed by atoms with van der Waals surface area (Å²) < 4.78 is 2.95. The van der Waals surface area contributed by atoms with E-state index in [4.69, 9.17) is 0 Å². The minimum atomic E-state index is 0.298. The third-order valence-corrected chi connectivity index (χ3v) is 7.42. The fourth-order valence-electron chi connectivity index (χ4n) is 3.68. The molecule has 0 unspecified atom stereocenters. The summed E-state index contributed by atoms with van der Waals surface area (Å²) in [6.45, 7) is 0. The Morgan fingerprint density at radius 1 is 0.444 bits per heavy atom. The Kier molecular flexibility index (Phi) is 4.26. The molecule has 0 aliphatic heterocycles. The first-order valence-corrected chi connectivity index (χ1v) is 10.8. The Balaban J connectivity index is 1.90. The normalized spacial score (nSPS) is 11.0. The molecular formula is C26H18Se. The van der Waals surface area contributed by atoms with Gasteiger partial charge in [0.1, 0.15) is 0 Å². The molecular weight excluding hydrogens is 391 g/mol. The monoisotopic (exact) mass is 410 g/mol. The van der Waals surface area contributed by atoms with Gasteiger partial charge in [0.25, 0.3) is 0 Å². The van der Waals surface area contributed by atoms with E-state index in [9.17, 15) is 0 Å². The summed E-state index contributed by atoms with van der Waals surface area (Å²) in [6, 6.07) is 39.3. The Bertz CT molecular complexity index is 1190. The Hall–Kier alpha value is -2.86. The molecule has 27 heavy (non-hydrogen) atoms. The fraction of sp³-hybridized carbons (Fsp3) is 0. The van der Waals surface area contributed by atoms with Gasteiger partial charge in [-0.1, -0.05) is 0 Å². The maximum absolute atomic E-state index is 2.31. The number of benzene rings is 4. The summed E-state index contributed by atoms with van der Waals surface area (Å²) in [7, 11) is 0. The Morgan fingerprint density at radius 3 is 1.63 bits per heavy atom. The molecule has 0 radical (unpaired) electrons. The van der Waals surface area contributed by atoms with Crippen LogP contribution in [0, 0.1) is 0 Å². The molecule has 128 valence electrons. The van der Waals surface area contributed by atoms with Crippen molar-refractivity contribution in [2.24, 2.45) is 0 Å². The van der Waals surface area contributed by atoms with Gasteiger partial charge in [-0.05, 0) is 0 Å². The van der Waals surface area contributed by atoms with Gasteiger partial charge < -0.3 is 0 Å². The predicted molar refractivity (Wildman–Crippen MR) is 117 cm³/mol. The van der Waals surface area contributed by atoms with Crippen molar-refractivity contribution in [2.45, 2.75) is 0 Å². The van der Waals surface area contributed by atoms with Crippen molar-refractivity contribution in [3.8, 4) is 32.3 Å². The van der Waals surface area contributed by atoms with Crippen LogP contribution in [0.25, 0.3) is 41.9 Å². The molecule has 1 aromatic heterocycles. The van der Waals surface area contributed by atoms with Gasteiger partial charge in [-0.25, -0.2) is 0 Å². The van der Waals surface area contributed by atoms with E-state index in [0.717, 1.165) is 0 Å². The van der Waals surface area contributed by atoms with E-state index >= 15 is 0 Å². The van der Waals surface area contributed by atoms with Crippen LogP contribution in [0.5, 0.6) is 0 Å². The van der Waals surface area contributed by atoms with Crippen LogP contribution in [0.4, 0.5) is 0 Å². The molecule has 1 heterocycles. The predicted octanol–water partition coefficient (Wildman–Crippen LogP) is 6.90. The third kappa shape index (κ3) is 2.96. The van der Waals surface area contributed by atoms with E-state index in [1.165, 1.54) is 41.9 Å². The quantitative estimate of drug-likeness (QED) is 0.285. The average molecular weight is 409 g/mol. The number of fused-ring (bicyclic) bond motifs is 1. The van der Waals surface area contributed by atoms with Crippen LogP contribution >= 0.6 is 0 Å². The van der Waals surface area contributed by atoms with E-state index in [0.29, 0.717) is 14.5 Å². The van der Waals surface area contributed by atoms with Gasteiger partial charge in [0.15, 0.2) is 0 Å². The SMILES string of the molecule is c1ccc(-c2[se]c3cccc(-c4ccccc4)c3c2-c2ccccc2)cc1. The molecule has 0 spiro atoms. The van der Waals surface area contributed by atoms with Crippen LogP contribution in [-0.4, -0.2) is 14.5 Å². The molecule has 0 atom stereocenters. The summed E-state index contributed by atoms with van der Waals surface area (Å²) in [4.78, 5) is 0. The topological polar surface area (TPSA) is 0 Å². The van der Waals surface area contributed by atoms with Crippen molar-refractivity contribution in [2.75, 3.05) is 0 Å². The fourth-order valence-corrected chi connectivity index (χ4v) is 6.32. The van der Waals surface area contributed by atoms with Gasteiger partial charge in [-0.15, -0.1) is 0 Å². The van der Waals surface area contributed by atoms with Crippen molar-refractivity contribution in [3.05, 3.63) is 109 Å². The average Bonchev–Trinajstić information content (AvgIpc) is 3.15. The Morgan fingerprint density at radius 2 is 1.00 bits per heavy atom. The standard InChI is InChI=1S/C26H18Se/c1-4-11-19(12-5-1)22-17-10-18-23-25(22)24(20-13-6-2-7-14-20)26(27-23)21-15-8-3-9-16-21/h1-18H. The van der Waals surface area contributed by atoms with Crippen LogP contribution in [-0.2, 0) is 0 Å². The van der Waals surface area contributed by atoms with E-state index in [1.54, 1.807) is 0 Å². The summed E-state index contributed by atoms with van der Waals surface area (Å²) in [5.41, 5.74) is 6.66. The van der Waals surface area contributed by atoms with Crippen molar-refractivity contribution >= 4 is 24.1 Å². The van der Waals surface area contributed by atoms with E-state index in [2.05, 4.69) is 109 Å². The van der Waals surface area contributed by atoms with Gasteiger partial charge in [0.2, 0.25) is 0 Å². The number of hydrogen-bond donors (Lipinski definition) is 0. The number of rotatable bonds is 3. The molecule has 4 aromatic carbocycles. The molecule has 0 aliphatic carbocycles. The maximum atomic E-state index is 2.31. The second kappa shape index (κ2) is 7.04. The van der Waals surface area contributed by atoms with Crippen molar-refractivity contribution in [3.63, 3.8) is 0 Å². The van der Waals surface area contributed by atoms with Gasteiger partial charge in [-0.3, -0.25) is 0 Å². The van der Waals surface area contributed by atoms with Crippen LogP contribution in [0.15, 0.2) is 109 Å². The van der Waals surface area contributed by atoms with E-state index < -0.39 is 0 Å². The summed E-state index contributed by atoms with van der Waals surface area (Å²) in [6.07, 6.45) is 0. The summed E-state index contributed by atoms with van der Waals surface area (Å²) >= 11 is 0.298. The first-order valence-electron chi connectivity index (χ1n) is 9.13. The second-order valence-electron chi connectivity index (χ2n) is 6.58. The van der Waals surface area contributed by atoms with Crippen LogP contribution in [0.3, 0.4) is 0 Å². The molecule has 5 aromatic rings. The number of hydrogen-bond acceptors (Lipinski definition) is 0. The summed E-state index contributed by atoms with van der Waals surface area (Å²) in [5.74, 6) is 0. The molecule has 0 amide bonds. The molecule has 0 fully saturated rings. The van der Waals surface area contributed by atoms with E-state index in [-0.39, 0.29) is 0 Å². The van der Waals surface area contributed by atoms with Gasteiger partial charge in [0.05, 0.1) is 0 Å². The second-order valence-corrected chi connectivity index (χ2v) is 8.79. The molecule has 0 bridgehead atoms. The molecule has 0 N–H and O–H groups in total. The van der Waals surface area contributed by atoms with Crippen molar-refractivity contribution < 1.29 is 0 Å². The zero-order valence-corrected chi connectivity index (χ0v) is 16.5. The zero-order chi connectivity index (χ0) is 18.1. The van der Waals surface area contributed by atoms with Crippen LogP contribution in [0.1, 0.15) is 0 Å². The van der Waals surface area contributed by atoms with Crippen molar-refractivity contribution in [1.29, 1.82) is 0 Å². The van der Waals surface area contributed by atoms with Gasteiger partial charge >= 0.3 is 166 Å². The zero-order valence-electron chi connectivity index (χ0n) is 14.8. The first kappa shape index (κ1) is 16.3. The Labute approximate surface area is 165 Å².